The van der Waals surface area contributed by atoms with E-state index < -0.39 is 0 Å². The molecule has 0 bridgehead atoms. The Hall–Kier alpha value is -0.450. The highest BCUT2D eigenvalue weighted by Gasteiger charge is 2.22. The van der Waals surface area contributed by atoms with Crippen LogP contribution in [0.1, 0.15) is 61.5 Å². The van der Waals surface area contributed by atoms with E-state index in [2.05, 4.69) is 24.1 Å². The lowest BCUT2D eigenvalue weighted by Crippen LogP contribution is -2.38. The monoisotopic (exact) mass is 307 g/mol. The fraction of sp³-hybridized carbons (Fsp3) is 0.824. The Morgan fingerprint density at radius 3 is 2.86 bits per heavy atom. The van der Waals surface area contributed by atoms with Gasteiger partial charge in [-0.15, -0.1) is 11.3 Å². The summed E-state index contributed by atoms with van der Waals surface area (Å²) in [7, 11) is 0. The number of thiazole rings is 1. The molecule has 1 aliphatic heterocycles. The molecule has 3 nitrogen and oxygen atoms in total. The van der Waals surface area contributed by atoms with Crippen LogP contribution in [0.25, 0.3) is 0 Å². The minimum Gasteiger partial charge on any atom is -0.309 e. The van der Waals surface area contributed by atoms with E-state index in [9.17, 15) is 0 Å². The van der Waals surface area contributed by atoms with Crippen molar-refractivity contribution >= 4 is 11.3 Å². The zero-order valence-electron chi connectivity index (χ0n) is 13.5. The van der Waals surface area contributed by atoms with Crippen LogP contribution in [0.5, 0.6) is 0 Å². The highest BCUT2D eigenvalue weighted by Crippen LogP contribution is 2.24. The number of nitrogens with one attached hydrogen (secondary N) is 1. The van der Waals surface area contributed by atoms with E-state index in [0.717, 1.165) is 31.5 Å². The normalized spacial score (nSPS) is 23.6. The third-order valence-electron chi connectivity index (χ3n) is 4.84. The number of aryl methyl sites for hydroxylation is 1. The predicted molar refractivity (Wildman–Crippen MR) is 89.9 cm³/mol. The molecule has 1 aliphatic carbocycles. The second-order valence-electron chi connectivity index (χ2n) is 6.62. The smallest absolute Gasteiger partial charge is 0.0944 e. The number of rotatable bonds is 7. The molecular formula is C17H29N3S. The van der Waals surface area contributed by atoms with Crippen molar-refractivity contribution in [2.45, 2.75) is 77.4 Å². The summed E-state index contributed by atoms with van der Waals surface area (Å²) in [6.07, 6.45) is 9.07. The van der Waals surface area contributed by atoms with Crippen LogP contribution in [0.15, 0.2) is 0 Å². The molecule has 1 aromatic rings. The lowest BCUT2D eigenvalue weighted by atomic mass is 10.0. The van der Waals surface area contributed by atoms with Crippen molar-refractivity contribution in [3.05, 3.63) is 15.6 Å². The van der Waals surface area contributed by atoms with Gasteiger partial charge in [0.25, 0.3) is 0 Å². The van der Waals surface area contributed by atoms with Crippen molar-refractivity contribution in [3.63, 3.8) is 0 Å². The summed E-state index contributed by atoms with van der Waals surface area (Å²) in [5.74, 6) is 0. The third kappa shape index (κ3) is 4.27. The second-order valence-corrected chi connectivity index (χ2v) is 7.79. The number of nitrogens with zero attached hydrogens (tertiary/aromatic N) is 2. The first kappa shape index (κ1) is 15.4. The summed E-state index contributed by atoms with van der Waals surface area (Å²) in [4.78, 5) is 9.02. The van der Waals surface area contributed by atoms with Crippen LogP contribution in [-0.2, 0) is 19.4 Å². The van der Waals surface area contributed by atoms with Gasteiger partial charge >= 0.3 is 0 Å². The first-order chi connectivity index (χ1) is 10.3. The van der Waals surface area contributed by atoms with Crippen LogP contribution in [-0.4, -0.2) is 35.1 Å². The first-order valence-electron chi connectivity index (χ1n) is 8.71. The van der Waals surface area contributed by atoms with E-state index in [0.29, 0.717) is 0 Å². The molecule has 3 rings (SSSR count). The quantitative estimate of drug-likeness (QED) is 0.837. The van der Waals surface area contributed by atoms with E-state index in [-0.39, 0.29) is 0 Å². The van der Waals surface area contributed by atoms with Gasteiger partial charge in [0.1, 0.15) is 0 Å². The minimum absolute atomic E-state index is 0.764. The highest BCUT2D eigenvalue weighted by molar-refractivity contribution is 7.11. The van der Waals surface area contributed by atoms with Gasteiger partial charge in [0.2, 0.25) is 0 Å². The summed E-state index contributed by atoms with van der Waals surface area (Å²) in [5.41, 5.74) is 1.33. The largest absolute Gasteiger partial charge is 0.309 e. The zero-order chi connectivity index (χ0) is 14.7. The molecule has 0 aromatic carbocycles. The molecule has 21 heavy (non-hydrogen) atoms. The SMILES string of the molecule is CCc1nc(CCN2CCCCC2C)sc1CNC1CC1. The molecule has 4 heteroatoms. The van der Waals surface area contributed by atoms with Gasteiger partial charge in [-0.3, -0.25) is 0 Å². The Morgan fingerprint density at radius 2 is 2.14 bits per heavy atom. The third-order valence-corrected chi connectivity index (χ3v) is 6.00. The van der Waals surface area contributed by atoms with Gasteiger partial charge in [0, 0.05) is 36.5 Å². The van der Waals surface area contributed by atoms with E-state index in [4.69, 9.17) is 4.98 Å². The summed E-state index contributed by atoms with van der Waals surface area (Å²) >= 11 is 1.94. The molecule has 1 atom stereocenters. The molecule has 1 N–H and O–H groups in total. The highest BCUT2D eigenvalue weighted by atomic mass is 32.1. The Morgan fingerprint density at radius 1 is 1.29 bits per heavy atom. The maximum absolute atomic E-state index is 4.89. The number of hydrogen-bond donors (Lipinski definition) is 1. The minimum atomic E-state index is 0.764. The van der Waals surface area contributed by atoms with E-state index in [1.165, 1.54) is 60.8 Å². The Bertz CT molecular complexity index is 453. The molecule has 1 saturated heterocycles. The van der Waals surface area contributed by atoms with E-state index in [1.54, 1.807) is 0 Å². The van der Waals surface area contributed by atoms with Gasteiger partial charge in [-0.25, -0.2) is 4.98 Å². The van der Waals surface area contributed by atoms with Crippen LogP contribution in [0.3, 0.4) is 0 Å². The van der Waals surface area contributed by atoms with Crippen LogP contribution in [0, 0.1) is 0 Å². The number of likely N-dealkylation sites (tertiary alicyclic amines) is 1. The van der Waals surface area contributed by atoms with Crippen LogP contribution in [0.4, 0.5) is 0 Å². The van der Waals surface area contributed by atoms with Crippen molar-refractivity contribution in [2.24, 2.45) is 0 Å². The molecule has 2 fully saturated rings. The summed E-state index contributed by atoms with van der Waals surface area (Å²) < 4.78 is 0. The van der Waals surface area contributed by atoms with Crippen molar-refractivity contribution in [1.29, 1.82) is 0 Å². The average molecular weight is 308 g/mol. The Kier molecular flexibility index (Phi) is 5.30. The fourth-order valence-electron chi connectivity index (χ4n) is 3.21. The Labute approximate surface area is 133 Å². The fourth-order valence-corrected chi connectivity index (χ4v) is 4.31. The lowest BCUT2D eigenvalue weighted by molar-refractivity contribution is 0.163. The van der Waals surface area contributed by atoms with Gasteiger partial charge in [0.05, 0.1) is 10.7 Å². The molecular weight excluding hydrogens is 278 g/mol. The van der Waals surface area contributed by atoms with Crippen LogP contribution in [0.2, 0.25) is 0 Å². The van der Waals surface area contributed by atoms with Crippen molar-refractivity contribution < 1.29 is 0 Å². The molecule has 0 radical (unpaired) electrons. The van der Waals surface area contributed by atoms with Gasteiger partial charge < -0.3 is 10.2 Å². The number of aromatic nitrogens is 1. The van der Waals surface area contributed by atoms with Gasteiger partial charge in [0.15, 0.2) is 0 Å². The van der Waals surface area contributed by atoms with Gasteiger partial charge in [-0.1, -0.05) is 13.3 Å². The maximum Gasteiger partial charge on any atom is 0.0944 e. The van der Waals surface area contributed by atoms with Gasteiger partial charge in [-0.2, -0.15) is 0 Å². The summed E-state index contributed by atoms with van der Waals surface area (Å²) in [5, 5.41) is 4.98. The van der Waals surface area contributed by atoms with Crippen molar-refractivity contribution in [2.75, 3.05) is 13.1 Å². The summed E-state index contributed by atoms with van der Waals surface area (Å²) in [6.45, 7) is 8.11. The predicted octanol–water partition coefficient (Wildman–Crippen LogP) is 3.37. The topological polar surface area (TPSA) is 28.2 Å². The number of piperidine rings is 1. The van der Waals surface area contributed by atoms with Crippen LogP contribution < -0.4 is 5.32 Å². The second kappa shape index (κ2) is 7.21. The lowest BCUT2D eigenvalue weighted by Gasteiger charge is -2.33. The van der Waals surface area contributed by atoms with Crippen molar-refractivity contribution in [3.8, 4) is 0 Å². The van der Waals surface area contributed by atoms with Gasteiger partial charge in [-0.05, 0) is 45.6 Å². The molecule has 1 unspecified atom stereocenters. The first-order valence-corrected chi connectivity index (χ1v) is 9.52. The van der Waals surface area contributed by atoms with E-state index >= 15 is 0 Å². The average Bonchev–Trinajstić information content (AvgIpc) is 3.24. The molecule has 2 aliphatic rings. The zero-order valence-corrected chi connectivity index (χ0v) is 14.3. The molecule has 1 aromatic heterocycles. The standard InChI is InChI=1S/C17H29N3S/c1-3-15-16(12-18-14-7-8-14)21-17(19-15)9-11-20-10-5-4-6-13(20)2/h13-14,18H,3-12H2,1-2H3. The molecule has 0 spiro atoms. The maximum atomic E-state index is 4.89. The molecule has 1 saturated carbocycles. The van der Waals surface area contributed by atoms with Crippen LogP contribution >= 0.6 is 11.3 Å². The molecule has 2 heterocycles. The Balaban J connectivity index is 1.54. The van der Waals surface area contributed by atoms with E-state index in [1.807, 2.05) is 11.3 Å². The number of hydrogen-bond acceptors (Lipinski definition) is 4. The summed E-state index contributed by atoms with van der Waals surface area (Å²) in [6, 6.07) is 1.55. The molecule has 0 amide bonds. The van der Waals surface area contributed by atoms with Crippen molar-refractivity contribution in [1.82, 2.24) is 15.2 Å². The molecule has 118 valence electrons.